The number of pyridine rings is 1. The highest BCUT2D eigenvalue weighted by Crippen LogP contribution is 2.17. The van der Waals surface area contributed by atoms with Gasteiger partial charge >= 0.3 is 0 Å². The fourth-order valence-corrected chi connectivity index (χ4v) is 2.51. The highest BCUT2D eigenvalue weighted by Gasteiger charge is 2.11. The van der Waals surface area contributed by atoms with Gasteiger partial charge in [-0.25, -0.2) is 4.98 Å². The van der Waals surface area contributed by atoms with Gasteiger partial charge in [0.1, 0.15) is 5.82 Å². The van der Waals surface area contributed by atoms with Gasteiger partial charge in [-0.05, 0) is 34.5 Å². The molecule has 0 bridgehead atoms. The lowest BCUT2D eigenvalue weighted by atomic mass is 10.2. The van der Waals surface area contributed by atoms with Gasteiger partial charge in [0.2, 0.25) is 11.8 Å². The van der Waals surface area contributed by atoms with Gasteiger partial charge in [0.05, 0.1) is 11.3 Å². The van der Waals surface area contributed by atoms with E-state index in [1.807, 2.05) is 0 Å². The fraction of sp³-hybridized carbons (Fsp3) is 0.231. The molecule has 9 heteroatoms. The van der Waals surface area contributed by atoms with Crippen LogP contribution in [0.15, 0.2) is 32.8 Å². The van der Waals surface area contributed by atoms with E-state index in [0.717, 1.165) is 16.2 Å². The van der Waals surface area contributed by atoms with Crippen molar-refractivity contribution in [2.75, 3.05) is 11.1 Å². The average Bonchev–Trinajstić information content (AvgIpc) is 2.47. The fourth-order valence-electron chi connectivity index (χ4n) is 1.62. The van der Waals surface area contributed by atoms with Crippen molar-refractivity contribution in [3.63, 3.8) is 0 Å². The van der Waals surface area contributed by atoms with Crippen molar-refractivity contribution in [2.24, 2.45) is 0 Å². The minimum absolute atomic E-state index is 0.0333. The Balaban J connectivity index is 1.96. The number of aromatic amines is 1. The third-order valence-electron chi connectivity index (χ3n) is 2.66. The van der Waals surface area contributed by atoms with Crippen LogP contribution in [0.5, 0.6) is 5.88 Å². The SMILES string of the molecule is CCc1c(O)nc(SCC(=O)Nc2ccc(Br)cn2)[nH]c1=O. The number of aromatic nitrogens is 3. The third-order valence-corrected chi connectivity index (χ3v) is 4.00. The van der Waals surface area contributed by atoms with Gasteiger partial charge in [-0.2, -0.15) is 4.98 Å². The number of amides is 1. The lowest BCUT2D eigenvalue weighted by Gasteiger charge is -2.05. The van der Waals surface area contributed by atoms with E-state index in [9.17, 15) is 14.7 Å². The van der Waals surface area contributed by atoms with Crippen LogP contribution in [0.3, 0.4) is 0 Å². The van der Waals surface area contributed by atoms with Gasteiger partial charge < -0.3 is 15.4 Å². The van der Waals surface area contributed by atoms with Crippen LogP contribution >= 0.6 is 27.7 Å². The summed E-state index contributed by atoms with van der Waals surface area (Å²) in [7, 11) is 0. The van der Waals surface area contributed by atoms with Gasteiger partial charge in [-0.15, -0.1) is 0 Å². The number of halogens is 1. The number of thioether (sulfide) groups is 1. The molecule has 22 heavy (non-hydrogen) atoms. The van der Waals surface area contributed by atoms with Gasteiger partial charge in [0.15, 0.2) is 5.16 Å². The standard InChI is InChI=1S/C13H13BrN4O3S/c1-2-8-11(20)17-13(18-12(8)21)22-6-10(19)16-9-4-3-7(14)5-15-9/h3-5H,2,6H2,1H3,(H,15,16,19)(H2,17,18,20,21). The number of carbonyl (C=O) groups excluding carboxylic acids is 1. The smallest absolute Gasteiger partial charge is 0.258 e. The molecular weight excluding hydrogens is 372 g/mol. The topological polar surface area (TPSA) is 108 Å². The van der Waals surface area contributed by atoms with E-state index in [0.29, 0.717) is 12.2 Å². The molecule has 0 fully saturated rings. The molecule has 1 amide bonds. The minimum atomic E-state index is -0.396. The first-order chi connectivity index (χ1) is 10.5. The molecule has 2 aromatic rings. The summed E-state index contributed by atoms with van der Waals surface area (Å²) >= 11 is 4.28. The second kappa shape index (κ2) is 7.41. The summed E-state index contributed by atoms with van der Waals surface area (Å²) in [6, 6.07) is 3.42. The monoisotopic (exact) mass is 384 g/mol. The number of nitrogens with zero attached hydrogens (tertiary/aromatic N) is 2. The van der Waals surface area contributed by atoms with Crippen molar-refractivity contribution >= 4 is 39.4 Å². The summed E-state index contributed by atoms with van der Waals surface area (Å²) in [5.74, 6) is -0.129. The number of carbonyl (C=O) groups is 1. The molecule has 2 heterocycles. The zero-order valence-corrected chi connectivity index (χ0v) is 14.0. The van der Waals surface area contributed by atoms with Crippen molar-refractivity contribution in [3.05, 3.63) is 38.7 Å². The molecule has 0 saturated carbocycles. The van der Waals surface area contributed by atoms with E-state index in [-0.39, 0.29) is 28.3 Å². The number of nitrogens with one attached hydrogen (secondary N) is 2. The molecule has 0 unspecified atom stereocenters. The summed E-state index contributed by atoms with van der Waals surface area (Å²) in [4.78, 5) is 33.9. The summed E-state index contributed by atoms with van der Waals surface area (Å²) in [5, 5.41) is 12.4. The van der Waals surface area contributed by atoms with Crippen molar-refractivity contribution in [3.8, 4) is 5.88 Å². The number of hydrogen-bond acceptors (Lipinski definition) is 6. The molecule has 0 aliphatic heterocycles. The van der Waals surface area contributed by atoms with Crippen LogP contribution in [0.2, 0.25) is 0 Å². The molecule has 0 radical (unpaired) electrons. The van der Waals surface area contributed by atoms with E-state index in [1.165, 1.54) is 0 Å². The maximum Gasteiger partial charge on any atom is 0.258 e. The summed E-state index contributed by atoms with van der Waals surface area (Å²) in [5.41, 5.74) is -0.166. The van der Waals surface area contributed by atoms with Crippen LogP contribution in [-0.2, 0) is 11.2 Å². The van der Waals surface area contributed by atoms with E-state index in [2.05, 4.69) is 36.2 Å². The van der Waals surface area contributed by atoms with E-state index >= 15 is 0 Å². The maximum atomic E-state index is 11.8. The molecule has 0 aliphatic rings. The molecule has 116 valence electrons. The normalized spacial score (nSPS) is 10.5. The first-order valence-electron chi connectivity index (χ1n) is 6.36. The van der Waals surface area contributed by atoms with E-state index < -0.39 is 5.56 Å². The van der Waals surface area contributed by atoms with Gasteiger partial charge in [0.25, 0.3) is 5.56 Å². The molecule has 0 aromatic carbocycles. The Morgan fingerprint density at radius 3 is 2.86 bits per heavy atom. The minimum Gasteiger partial charge on any atom is -0.493 e. The highest BCUT2D eigenvalue weighted by atomic mass is 79.9. The molecule has 7 nitrogen and oxygen atoms in total. The Bertz CT molecular complexity index is 733. The van der Waals surface area contributed by atoms with Crippen molar-refractivity contribution in [1.82, 2.24) is 15.0 Å². The highest BCUT2D eigenvalue weighted by molar-refractivity contribution is 9.10. The van der Waals surface area contributed by atoms with Crippen molar-refractivity contribution in [1.29, 1.82) is 0 Å². The van der Waals surface area contributed by atoms with Crippen molar-refractivity contribution in [2.45, 2.75) is 18.5 Å². The maximum absolute atomic E-state index is 11.8. The Labute approximate surface area is 138 Å². The van der Waals surface area contributed by atoms with Crippen LogP contribution < -0.4 is 10.9 Å². The Morgan fingerprint density at radius 2 is 2.27 bits per heavy atom. The summed E-state index contributed by atoms with van der Waals surface area (Å²) in [6.45, 7) is 1.75. The quantitative estimate of drug-likeness (QED) is 0.536. The predicted octanol–water partition coefficient (Wildman–Crippen LogP) is 1.93. The molecule has 0 aliphatic carbocycles. The molecule has 3 N–H and O–H groups in total. The van der Waals surface area contributed by atoms with Crippen LogP contribution in [0, 0.1) is 0 Å². The van der Waals surface area contributed by atoms with Crippen molar-refractivity contribution < 1.29 is 9.90 Å². The van der Waals surface area contributed by atoms with Crippen LogP contribution in [0.4, 0.5) is 5.82 Å². The molecule has 0 spiro atoms. The van der Waals surface area contributed by atoms with Gasteiger partial charge in [0, 0.05) is 10.7 Å². The number of rotatable bonds is 5. The molecular formula is C13H13BrN4O3S. The summed E-state index contributed by atoms with van der Waals surface area (Å²) < 4.78 is 0.813. The molecule has 2 rings (SSSR count). The van der Waals surface area contributed by atoms with Gasteiger partial charge in [-0.1, -0.05) is 18.7 Å². The number of aromatic hydroxyl groups is 1. The van der Waals surface area contributed by atoms with Crippen LogP contribution in [0.1, 0.15) is 12.5 Å². The van der Waals surface area contributed by atoms with E-state index in [4.69, 9.17) is 0 Å². The lowest BCUT2D eigenvalue weighted by molar-refractivity contribution is -0.113. The largest absolute Gasteiger partial charge is 0.493 e. The molecule has 2 aromatic heterocycles. The number of H-pyrrole nitrogens is 1. The van der Waals surface area contributed by atoms with Gasteiger partial charge in [-0.3, -0.25) is 9.59 Å². The average molecular weight is 385 g/mol. The first kappa shape index (κ1) is 16.5. The number of hydrogen-bond donors (Lipinski definition) is 3. The molecule has 0 atom stereocenters. The van der Waals surface area contributed by atoms with Crippen LogP contribution in [0.25, 0.3) is 0 Å². The Morgan fingerprint density at radius 1 is 1.50 bits per heavy atom. The van der Waals surface area contributed by atoms with E-state index in [1.54, 1.807) is 25.3 Å². The second-order valence-electron chi connectivity index (χ2n) is 4.23. The van der Waals surface area contributed by atoms with Crippen LogP contribution in [-0.4, -0.2) is 31.7 Å². The predicted molar refractivity (Wildman–Crippen MR) is 87.2 cm³/mol. The Hall–Kier alpha value is -1.87. The third kappa shape index (κ3) is 4.31. The zero-order valence-electron chi connectivity index (χ0n) is 11.6. The first-order valence-corrected chi connectivity index (χ1v) is 8.13. The number of anilines is 1. The molecule has 0 saturated heterocycles. The zero-order chi connectivity index (χ0) is 16.1. The second-order valence-corrected chi connectivity index (χ2v) is 6.11. The Kier molecular flexibility index (Phi) is 5.56. The lowest BCUT2D eigenvalue weighted by Crippen LogP contribution is -2.17. The summed E-state index contributed by atoms with van der Waals surface area (Å²) in [6.07, 6.45) is 1.96.